The van der Waals surface area contributed by atoms with Crippen molar-refractivity contribution in [1.82, 2.24) is 9.78 Å². The average Bonchev–Trinajstić information content (AvgIpc) is 3.12. The molecule has 0 atom stereocenters. The van der Waals surface area contributed by atoms with Crippen LogP contribution in [0.4, 0.5) is 11.5 Å². The fourth-order valence-corrected chi connectivity index (χ4v) is 3.92. The van der Waals surface area contributed by atoms with E-state index in [2.05, 4.69) is 15.1 Å². The number of nitrogens with zero attached hydrogens (tertiary/aromatic N) is 2. The molecule has 2 aromatic carbocycles. The van der Waals surface area contributed by atoms with Gasteiger partial charge in [0.25, 0.3) is 15.9 Å². The Hall–Kier alpha value is -3.53. The molecule has 4 rings (SSSR count). The number of amides is 1. The van der Waals surface area contributed by atoms with Crippen LogP contribution in [0, 0.1) is 0 Å². The second kappa shape index (κ2) is 7.47. The number of aryl methyl sites for hydroxylation is 1. The van der Waals surface area contributed by atoms with Gasteiger partial charge in [-0.3, -0.25) is 14.2 Å². The summed E-state index contributed by atoms with van der Waals surface area (Å²) >= 11 is 0. The van der Waals surface area contributed by atoms with Crippen molar-refractivity contribution in [2.24, 2.45) is 7.05 Å². The Bertz CT molecular complexity index is 1170. The molecule has 0 spiro atoms. The van der Waals surface area contributed by atoms with E-state index in [1.807, 2.05) is 0 Å². The van der Waals surface area contributed by atoms with Gasteiger partial charge >= 0.3 is 0 Å². The first-order valence-corrected chi connectivity index (χ1v) is 10.2. The van der Waals surface area contributed by atoms with Crippen LogP contribution >= 0.6 is 0 Å². The van der Waals surface area contributed by atoms with Gasteiger partial charge in [0.15, 0.2) is 17.3 Å². The highest BCUT2D eigenvalue weighted by Crippen LogP contribution is 2.33. The van der Waals surface area contributed by atoms with Crippen molar-refractivity contribution in [3.63, 3.8) is 0 Å². The van der Waals surface area contributed by atoms with E-state index in [0.717, 1.165) is 0 Å². The Balaban J connectivity index is 1.60. The molecule has 0 unspecified atom stereocenters. The SMILES string of the molecule is Cn1ccc(NC(=O)c2ccccc2NS(=O)(=O)c2ccc3c(c2)OCCO3)n1. The molecular weight excluding hydrogens is 396 g/mol. The Morgan fingerprint density at radius 1 is 1.07 bits per heavy atom. The van der Waals surface area contributed by atoms with Crippen LogP contribution < -0.4 is 19.5 Å². The monoisotopic (exact) mass is 414 g/mol. The van der Waals surface area contributed by atoms with E-state index in [4.69, 9.17) is 9.47 Å². The number of carbonyl (C=O) groups is 1. The molecule has 0 radical (unpaired) electrons. The average molecular weight is 414 g/mol. The van der Waals surface area contributed by atoms with E-state index in [0.29, 0.717) is 30.5 Å². The summed E-state index contributed by atoms with van der Waals surface area (Å²) in [5.41, 5.74) is 0.315. The number of carbonyl (C=O) groups excluding carboxylic acids is 1. The Morgan fingerprint density at radius 2 is 1.83 bits per heavy atom. The molecule has 0 saturated heterocycles. The van der Waals surface area contributed by atoms with Gasteiger partial charge in [-0.05, 0) is 24.3 Å². The molecule has 0 fully saturated rings. The number of anilines is 2. The molecule has 0 bridgehead atoms. The number of sulfonamides is 1. The van der Waals surface area contributed by atoms with E-state index in [9.17, 15) is 13.2 Å². The van der Waals surface area contributed by atoms with Crippen molar-refractivity contribution in [2.45, 2.75) is 4.90 Å². The summed E-state index contributed by atoms with van der Waals surface area (Å²) in [5, 5.41) is 6.73. The molecule has 1 aliphatic heterocycles. The van der Waals surface area contributed by atoms with E-state index in [1.165, 1.54) is 24.3 Å². The van der Waals surface area contributed by atoms with Gasteiger partial charge in [-0.15, -0.1) is 0 Å². The number of aromatic nitrogens is 2. The number of rotatable bonds is 5. The minimum atomic E-state index is -3.96. The molecule has 2 heterocycles. The number of nitrogens with one attached hydrogen (secondary N) is 2. The predicted octanol–water partition coefficient (Wildman–Crippen LogP) is 2.24. The number of fused-ring (bicyclic) bond motifs is 1. The van der Waals surface area contributed by atoms with Crippen molar-refractivity contribution in [3.05, 3.63) is 60.3 Å². The fourth-order valence-electron chi connectivity index (χ4n) is 2.83. The third-order valence-corrected chi connectivity index (χ3v) is 5.56. The Morgan fingerprint density at radius 3 is 2.59 bits per heavy atom. The number of hydrogen-bond acceptors (Lipinski definition) is 6. The van der Waals surface area contributed by atoms with Crippen molar-refractivity contribution >= 4 is 27.4 Å². The van der Waals surface area contributed by atoms with E-state index >= 15 is 0 Å². The number of benzene rings is 2. The van der Waals surface area contributed by atoms with E-state index < -0.39 is 15.9 Å². The molecule has 150 valence electrons. The lowest BCUT2D eigenvalue weighted by Gasteiger charge is -2.19. The molecule has 0 saturated carbocycles. The summed E-state index contributed by atoms with van der Waals surface area (Å²) in [6.45, 7) is 0.760. The van der Waals surface area contributed by atoms with Crippen LogP contribution in [0.5, 0.6) is 11.5 Å². The third kappa shape index (κ3) is 4.02. The maximum atomic E-state index is 12.9. The lowest BCUT2D eigenvalue weighted by molar-refractivity contribution is 0.102. The van der Waals surface area contributed by atoms with Crippen LogP contribution in [0.25, 0.3) is 0 Å². The summed E-state index contributed by atoms with van der Waals surface area (Å²) < 4.78 is 40.6. The summed E-state index contributed by atoms with van der Waals surface area (Å²) in [7, 11) is -2.23. The first kappa shape index (κ1) is 18.8. The van der Waals surface area contributed by atoms with Gasteiger partial charge in [0, 0.05) is 25.4 Å². The first-order chi connectivity index (χ1) is 13.9. The largest absolute Gasteiger partial charge is 0.486 e. The highest BCUT2D eigenvalue weighted by atomic mass is 32.2. The van der Waals surface area contributed by atoms with Gasteiger partial charge in [-0.2, -0.15) is 5.10 Å². The first-order valence-electron chi connectivity index (χ1n) is 8.75. The maximum Gasteiger partial charge on any atom is 0.262 e. The van der Waals surface area contributed by atoms with Gasteiger partial charge in [-0.25, -0.2) is 8.42 Å². The van der Waals surface area contributed by atoms with Crippen LogP contribution in [-0.4, -0.2) is 37.3 Å². The molecule has 0 aliphatic carbocycles. The number of hydrogen-bond donors (Lipinski definition) is 2. The third-order valence-electron chi connectivity index (χ3n) is 4.20. The number of para-hydroxylation sites is 1. The van der Waals surface area contributed by atoms with Crippen molar-refractivity contribution in [1.29, 1.82) is 0 Å². The molecule has 1 aromatic heterocycles. The summed E-state index contributed by atoms with van der Waals surface area (Å²) in [6.07, 6.45) is 1.69. The molecule has 1 amide bonds. The summed E-state index contributed by atoms with van der Waals surface area (Å²) in [6, 6.07) is 12.3. The lowest BCUT2D eigenvalue weighted by atomic mass is 10.1. The van der Waals surface area contributed by atoms with E-state index in [-0.39, 0.29) is 16.1 Å². The van der Waals surface area contributed by atoms with Crippen LogP contribution in [0.2, 0.25) is 0 Å². The topological polar surface area (TPSA) is 112 Å². The van der Waals surface area contributed by atoms with Gasteiger partial charge in [0.05, 0.1) is 16.1 Å². The predicted molar refractivity (Wildman–Crippen MR) is 106 cm³/mol. The summed E-state index contributed by atoms with van der Waals surface area (Å²) in [5.74, 6) is 0.733. The Kier molecular flexibility index (Phi) is 4.85. The fraction of sp³-hybridized carbons (Fsp3) is 0.158. The van der Waals surface area contributed by atoms with Crippen LogP contribution in [0.3, 0.4) is 0 Å². The minimum Gasteiger partial charge on any atom is -0.486 e. The molecular formula is C19H18N4O5S. The molecule has 29 heavy (non-hydrogen) atoms. The maximum absolute atomic E-state index is 12.9. The zero-order valence-electron chi connectivity index (χ0n) is 15.5. The molecule has 9 nitrogen and oxygen atoms in total. The van der Waals surface area contributed by atoms with Crippen molar-refractivity contribution in [2.75, 3.05) is 23.3 Å². The molecule has 3 aromatic rings. The highest BCUT2D eigenvalue weighted by Gasteiger charge is 2.22. The van der Waals surface area contributed by atoms with Crippen LogP contribution in [-0.2, 0) is 17.1 Å². The Labute approximate surface area is 167 Å². The standard InChI is InChI=1S/C19H18N4O5S/c1-23-9-8-18(21-23)20-19(24)14-4-2-3-5-15(14)22-29(25,26)13-6-7-16-17(12-13)28-11-10-27-16/h2-9,12,22H,10-11H2,1H3,(H,20,21,24). The zero-order chi connectivity index (χ0) is 20.4. The van der Waals surface area contributed by atoms with Crippen LogP contribution in [0.15, 0.2) is 59.6 Å². The van der Waals surface area contributed by atoms with Gasteiger partial charge < -0.3 is 14.8 Å². The normalized spacial score (nSPS) is 13.0. The van der Waals surface area contributed by atoms with E-state index in [1.54, 1.807) is 42.2 Å². The molecule has 10 heteroatoms. The van der Waals surface area contributed by atoms with Crippen LogP contribution in [0.1, 0.15) is 10.4 Å². The smallest absolute Gasteiger partial charge is 0.262 e. The lowest BCUT2D eigenvalue weighted by Crippen LogP contribution is -2.20. The van der Waals surface area contributed by atoms with Crippen molar-refractivity contribution < 1.29 is 22.7 Å². The molecule has 1 aliphatic rings. The second-order valence-corrected chi connectivity index (χ2v) is 7.97. The highest BCUT2D eigenvalue weighted by molar-refractivity contribution is 7.92. The second-order valence-electron chi connectivity index (χ2n) is 6.29. The number of ether oxygens (including phenoxy) is 2. The quantitative estimate of drug-likeness (QED) is 0.662. The van der Waals surface area contributed by atoms with Crippen molar-refractivity contribution in [3.8, 4) is 11.5 Å². The minimum absolute atomic E-state index is 0.00156. The van der Waals surface area contributed by atoms with Gasteiger partial charge in [0.1, 0.15) is 13.2 Å². The summed E-state index contributed by atoms with van der Waals surface area (Å²) in [4.78, 5) is 12.6. The van der Waals surface area contributed by atoms with Gasteiger partial charge in [-0.1, -0.05) is 12.1 Å². The molecule has 2 N–H and O–H groups in total. The van der Waals surface area contributed by atoms with Gasteiger partial charge in [0.2, 0.25) is 0 Å². The zero-order valence-corrected chi connectivity index (χ0v) is 16.3.